The van der Waals surface area contributed by atoms with Crippen LogP contribution in [0.15, 0.2) is 18.3 Å². The first-order valence-electron chi connectivity index (χ1n) is 4.40. The van der Waals surface area contributed by atoms with E-state index in [4.69, 9.17) is 0 Å². The molecule has 0 bridgehead atoms. The Bertz CT molecular complexity index is 445. The van der Waals surface area contributed by atoms with Gasteiger partial charge in [0.25, 0.3) is 0 Å². The molecule has 0 spiro atoms. The number of hydrogen-bond donors (Lipinski definition) is 0. The monoisotopic (exact) mass is 228 g/mol. The van der Waals surface area contributed by atoms with E-state index in [1.165, 1.54) is 11.0 Å². The van der Waals surface area contributed by atoms with E-state index >= 15 is 0 Å². The van der Waals surface area contributed by atoms with E-state index in [0.717, 1.165) is 12.1 Å². The third kappa shape index (κ3) is 2.53. The summed E-state index contributed by atoms with van der Waals surface area (Å²) in [4.78, 5) is 10.8. The summed E-state index contributed by atoms with van der Waals surface area (Å²) in [7, 11) is 3.19. The van der Waals surface area contributed by atoms with Crippen LogP contribution in [0.25, 0.3) is 6.08 Å². The van der Waals surface area contributed by atoms with Gasteiger partial charge in [0.1, 0.15) is 5.82 Å². The zero-order chi connectivity index (χ0) is 12.3. The molecule has 0 atom stereocenters. The molecule has 0 amide bonds. The predicted octanol–water partition coefficient (Wildman–Crippen LogP) is 2.28. The Morgan fingerprint density at radius 2 is 2.00 bits per heavy atom. The Labute approximate surface area is 90.9 Å². The fourth-order valence-corrected chi connectivity index (χ4v) is 1.19. The topological polar surface area (TPSA) is 46.4 Å². The van der Waals surface area contributed by atoms with Crippen molar-refractivity contribution in [3.8, 4) is 0 Å². The summed E-state index contributed by atoms with van der Waals surface area (Å²) in [6, 6.07) is 2.34. The standard InChI is InChI=1S/C10H10F2N2O2/c1-13(2)9-4-3-8(11)7(10(9)12)5-6-14(15)16/h3-6H,1-2H3/b6-5+. The molecule has 0 radical (unpaired) electrons. The van der Waals surface area contributed by atoms with Gasteiger partial charge in [-0.15, -0.1) is 0 Å². The highest BCUT2D eigenvalue weighted by Gasteiger charge is 2.13. The third-order valence-corrected chi connectivity index (χ3v) is 1.95. The van der Waals surface area contributed by atoms with Crippen LogP contribution in [0.2, 0.25) is 0 Å². The lowest BCUT2D eigenvalue weighted by Crippen LogP contribution is -2.11. The normalized spacial score (nSPS) is 10.8. The molecule has 0 heterocycles. The Morgan fingerprint density at radius 3 is 2.50 bits per heavy atom. The Balaban J connectivity index is 3.26. The molecule has 0 saturated heterocycles. The highest BCUT2D eigenvalue weighted by Crippen LogP contribution is 2.24. The van der Waals surface area contributed by atoms with Crippen LogP contribution in [0, 0.1) is 21.7 Å². The lowest BCUT2D eigenvalue weighted by molar-refractivity contribution is -0.401. The third-order valence-electron chi connectivity index (χ3n) is 1.95. The van der Waals surface area contributed by atoms with Crippen molar-refractivity contribution in [3.05, 3.63) is 45.6 Å². The minimum atomic E-state index is -0.832. The summed E-state index contributed by atoms with van der Waals surface area (Å²) in [5.74, 6) is -1.65. The molecule has 0 aliphatic heterocycles. The average Bonchev–Trinajstić information content (AvgIpc) is 2.16. The molecular weight excluding hydrogens is 218 g/mol. The molecule has 86 valence electrons. The van der Waals surface area contributed by atoms with E-state index < -0.39 is 22.1 Å². The van der Waals surface area contributed by atoms with Crippen LogP contribution in [0.1, 0.15) is 5.56 Å². The van der Waals surface area contributed by atoms with E-state index in [2.05, 4.69) is 0 Å². The highest BCUT2D eigenvalue weighted by molar-refractivity contribution is 5.59. The van der Waals surface area contributed by atoms with Gasteiger partial charge in [0, 0.05) is 20.2 Å². The second kappa shape index (κ2) is 4.69. The van der Waals surface area contributed by atoms with Gasteiger partial charge >= 0.3 is 0 Å². The minimum absolute atomic E-state index is 0.171. The van der Waals surface area contributed by atoms with Crippen molar-refractivity contribution in [2.24, 2.45) is 0 Å². The van der Waals surface area contributed by atoms with Gasteiger partial charge in [-0.1, -0.05) is 0 Å². The number of anilines is 1. The summed E-state index contributed by atoms with van der Waals surface area (Å²) in [6.45, 7) is 0. The fraction of sp³-hybridized carbons (Fsp3) is 0.200. The molecule has 0 fully saturated rings. The Morgan fingerprint density at radius 1 is 1.38 bits per heavy atom. The SMILES string of the molecule is CN(C)c1ccc(F)c(/C=C/[N+](=O)[O-])c1F. The van der Waals surface area contributed by atoms with Crippen LogP contribution < -0.4 is 4.90 Å². The highest BCUT2D eigenvalue weighted by atomic mass is 19.1. The number of rotatable bonds is 3. The maximum atomic E-state index is 13.7. The molecule has 16 heavy (non-hydrogen) atoms. The quantitative estimate of drug-likeness (QED) is 0.589. The zero-order valence-corrected chi connectivity index (χ0v) is 8.78. The van der Waals surface area contributed by atoms with Gasteiger partial charge in [-0.2, -0.15) is 0 Å². The van der Waals surface area contributed by atoms with Crippen molar-refractivity contribution in [2.75, 3.05) is 19.0 Å². The van der Waals surface area contributed by atoms with Crippen molar-refractivity contribution in [2.45, 2.75) is 0 Å². The van der Waals surface area contributed by atoms with Crippen LogP contribution in [-0.4, -0.2) is 19.0 Å². The molecule has 1 aromatic carbocycles. The molecule has 0 aromatic heterocycles. The molecule has 1 aromatic rings. The second-order valence-corrected chi connectivity index (χ2v) is 3.29. The van der Waals surface area contributed by atoms with Crippen LogP contribution in [0.5, 0.6) is 0 Å². The van der Waals surface area contributed by atoms with Crippen molar-refractivity contribution in [3.63, 3.8) is 0 Å². The van der Waals surface area contributed by atoms with Gasteiger partial charge in [0.15, 0.2) is 5.82 Å². The first-order chi connectivity index (χ1) is 7.43. The maximum Gasteiger partial charge on any atom is 0.235 e. The molecule has 0 aliphatic carbocycles. The number of nitrogens with zero attached hydrogens (tertiary/aromatic N) is 2. The van der Waals surface area contributed by atoms with Gasteiger partial charge in [-0.3, -0.25) is 10.1 Å². The van der Waals surface area contributed by atoms with E-state index in [9.17, 15) is 18.9 Å². The summed E-state index contributed by atoms with van der Waals surface area (Å²) in [5, 5.41) is 10.1. The lowest BCUT2D eigenvalue weighted by atomic mass is 10.1. The zero-order valence-electron chi connectivity index (χ0n) is 8.78. The van der Waals surface area contributed by atoms with Gasteiger partial charge in [-0.25, -0.2) is 8.78 Å². The van der Waals surface area contributed by atoms with Crippen LogP contribution in [0.4, 0.5) is 14.5 Å². The van der Waals surface area contributed by atoms with Gasteiger partial charge in [0.2, 0.25) is 6.20 Å². The largest absolute Gasteiger partial charge is 0.375 e. The summed E-state index contributed by atoms with van der Waals surface area (Å²) in [5.41, 5.74) is -0.243. The van der Waals surface area contributed by atoms with Gasteiger partial charge in [-0.05, 0) is 12.1 Å². The van der Waals surface area contributed by atoms with E-state index in [1.54, 1.807) is 14.1 Å². The first kappa shape index (κ1) is 12.1. The number of halogens is 2. The number of benzene rings is 1. The molecule has 0 unspecified atom stereocenters. The van der Waals surface area contributed by atoms with E-state index in [0.29, 0.717) is 6.20 Å². The summed E-state index contributed by atoms with van der Waals surface area (Å²) >= 11 is 0. The second-order valence-electron chi connectivity index (χ2n) is 3.29. The first-order valence-corrected chi connectivity index (χ1v) is 4.40. The molecule has 0 saturated carbocycles. The van der Waals surface area contributed by atoms with Crippen molar-refractivity contribution < 1.29 is 13.7 Å². The van der Waals surface area contributed by atoms with Crippen molar-refractivity contribution >= 4 is 11.8 Å². The van der Waals surface area contributed by atoms with E-state index in [1.807, 2.05) is 0 Å². The molecule has 0 N–H and O–H groups in total. The van der Waals surface area contributed by atoms with Crippen LogP contribution in [0.3, 0.4) is 0 Å². The lowest BCUT2D eigenvalue weighted by Gasteiger charge is -2.14. The predicted molar refractivity (Wildman–Crippen MR) is 56.7 cm³/mol. The molecule has 1 rings (SSSR count). The summed E-state index contributed by atoms with van der Waals surface area (Å²) < 4.78 is 26.9. The summed E-state index contributed by atoms with van der Waals surface area (Å²) in [6.07, 6.45) is 1.30. The van der Waals surface area contributed by atoms with Crippen LogP contribution >= 0.6 is 0 Å². The number of hydrogen-bond acceptors (Lipinski definition) is 3. The Kier molecular flexibility index (Phi) is 3.55. The average molecular weight is 228 g/mol. The van der Waals surface area contributed by atoms with E-state index in [-0.39, 0.29) is 5.69 Å². The number of nitro groups is 1. The van der Waals surface area contributed by atoms with Gasteiger partial charge < -0.3 is 4.90 Å². The molecular formula is C10H10F2N2O2. The maximum absolute atomic E-state index is 13.7. The van der Waals surface area contributed by atoms with Gasteiger partial charge in [0.05, 0.1) is 16.2 Å². The Hall–Kier alpha value is -1.98. The van der Waals surface area contributed by atoms with Crippen molar-refractivity contribution in [1.29, 1.82) is 0 Å². The smallest absolute Gasteiger partial charge is 0.235 e. The minimum Gasteiger partial charge on any atom is -0.375 e. The molecule has 6 heteroatoms. The van der Waals surface area contributed by atoms with Crippen LogP contribution in [-0.2, 0) is 0 Å². The fourth-order valence-electron chi connectivity index (χ4n) is 1.19. The van der Waals surface area contributed by atoms with Crippen molar-refractivity contribution in [1.82, 2.24) is 0 Å². The molecule has 0 aliphatic rings. The molecule has 4 nitrogen and oxygen atoms in total.